The molecule has 0 saturated carbocycles. The van der Waals surface area contributed by atoms with Gasteiger partial charge in [0.05, 0.1) is 12.2 Å². The molecule has 0 radical (unpaired) electrons. The van der Waals surface area contributed by atoms with Gasteiger partial charge < -0.3 is 9.47 Å². The molecule has 1 heterocycles. The highest BCUT2D eigenvalue weighted by atomic mass is 16.5. The molecule has 1 saturated heterocycles. The Labute approximate surface area is 97.6 Å². The minimum atomic E-state index is 0.273. The van der Waals surface area contributed by atoms with Crippen LogP contribution in [0.2, 0.25) is 0 Å². The van der Waals surface area contributed by atoms with Crippen LogP contribution in [0.15, 0.2) is 18.2 Å². The van der Waals surface area contributed by atoms with Gasteiger partial charge in [0.2, 0.25) is 0 Å². The number of benzene rings is 1. The fourth-order valence-corrected chi connectivity index (χ4v) is 2.07. The van der Waals surface area contributed by atoms with Gasteiger partial charge in [-0.25, -0.2) is 0 Å². The summed E-state index contributed by atoms with van der Waals surface area (Å²) in [6.07, 6.45) is 2.94. The number of hydrogen-bond acceptors (Lipinski definition) is 2. The first-order valence-electron chi connectivity index (χ1n) is 6.01. The van der Waals surface area contributed by atoms with Crippen LogP contribution in [0.3, 0.4) is 0 Å². The van der Waals surface area contributed by atoms with Gasteiger partial charge in [-0.05, 0) is 50.8 Å². The zero-order chi connectivity index (χ0) is 11.5. The van der Waals surface area contributed by atoms with E-state index in [-0.39, 0.29) is 6.10 Å². The van der Waals surface area contributed by atoms with Crippen LogP contribution in [0, 0.1) is 13.8 Å². The molecule has 2 heteroatoms. The molecule has 88 valence electrons. The van der Waals surface area contributed by atoms with E-state index < -0.39 is 0 Å². The van der Waals surface area contributed by atoms with Crippen molar-refractivity contribution in [3.05, 3.63) is 29.3 Å². The Kier molecular flexibility index (Phi) is 3.49. The zero-order valence-corrected chi connectivity index (χ0v) is 10.3. The van der Waals surface area contributed by atoms with Crippen LogP contribution in [0.25, 0.3) is 0 Å². The highest BCUT2D eigenvalue weighted by Crippen LogP contribution is 2.23. The van der Waals surface area contributed by atoms with Gasteiger partial charge in [-0.15, -0.1) is 0 Å². The van der Waals surface area contributed by atoms with E-state index in [0.29, 0.717) is 12.7 Å². The van der Waals surface area contributed by atoms with Crippen LogP contribution < -0.4 is 4.74 Å². The van der Waals surface area contributed by atoms with Crippen molar-refractivity contribution in [2.24, 2.45) is 0 Å². The summed E-state index contributed by atoms with van der Waals surface area (Å²) in [5.74, 6) is 0.989. The fraction of sp³-hybridized carbons (Fsp3) is 0.571. The quantitative estimate of drug-likeness (QED) is 0.778. The van der Waals surface area contributed by atoms with Gasteiger partial charge in [-0.2, -0.15) is 0 Å². The SMILES string of the molecule is Cc1cccc(OCC2CCC(C)O2)c1C. The minimum Gasteiger partial charge on any atom is -0.491 e. The predicted octanol–water partition coefficient (Wildman–Crippen LogP) is 3.25. The monoisotopic (exact) mass is 220 g/mol. The number of ether oxygens (including phenoxy) is 2. The van der Waals surface area contributed by atoms with E-state index in [2.05, 4.69) is 26.8 Å². The third-order valence-corrected chi connectivity index (χ3v) is 3.30. The first kappa shape index (κ1) is 11.5. The molecule has 1 aromatic rings. The molecule has 2 rings (SSSR count). The molecule has 2 atom stereocenters. The zero-order valence-electron chi connectivity index (χ0n) is 10.3. The summed E-state index contributed by atoms with van der Waals surface area (Å²) in [5.41, 5.74) is 2.51. The van der Waals surface area contributed by atoms with Gasteiger partial charge in [0, 0.05) is 0 Å². The summed E-state index contributed by atoms with van der Waals surface area (Å²) in [4.78, 5) is 0. The van der Waals surface area contributed by atoms with Crippen LogP contribution in [-0.4, -0.2) is 18.8 Å². The van der Waals surface area contributed by atoms with Crippen LogP contribution >= 0.6 is 0 Å². The summed E-state index contributed by atoms with van der Waals surface area (Å²) in [5, 5.41) is 0. The van der Waals surface area contributed by atoms with Gasteiger partial charge in [0.25, 0.3) is 0 Å². The Morgan fingerprint density at radius 2 is 2.12 bits per heavy atom. The molecule has 1 aliphatic heterocycles. The molecule has 0 aromatic heterocycles. The Balaban J connectivity index is 1.92. The topological polar surface area (TPSA) is 18.5 Å². The number of aryl methyl sites for hydroxylation is 1. The molecule has 0 amide bonds. The van der Waals surface area contributed by atoms with E-state index in [1.165, 1.54) is 11.1 Å². The van der Waals surface area contributed by atoms with E-state index in [0.717, 1.165) is 18.6 Å². The van der Waals surface area contributed by atoms with Gasteiger partial charge >= 0.3 is 0 Å². The molecule has 1 aromatic carbocycles. The third-order valence-electron chi connectivity index (χ3n) is 3.30. The molecule has 0 spiro atoms. The van der Waals surface area contributed by atoms with E-state index >= 15 is 0 Å². The first-order chi connectivity index (χ1) is 7.66. The van der Waals surface area contributed by atoms with Crippen molar-refractivity contribution < 1.29 is 9.47 Å². The lowest BCUT2D eigenvalue weighted by molar-refractivity contribution is 0.0263. The molecule has 16 heavy (non-hydrogen) atoms. The van der Waals surface area contributed by atoms with Crippen LogP contribution in [0.5, 0.6) is 5.75 Å². The number of rotatable bonds is 3. The maximum Gasteiger partial charge on any atom is 0.122 e. The Bertz CT molecular complexity index is 360. The van der Waals surface area contributed by atoms with Crippen molar-refractivity contribution in [1.29, 1.82) is 0 Å². The summed E-state index contributed by atoms with van der Waals surface area (Å²) >= 11 is 0. The Morgan fingerprint density at radius 1 is 1.31 bits per heavy atom. The molecule has 2 nitrogen and oxygen atoms in total. The normalized spacial score (nSPS) is 24.7. The number of hydrogen-bond donors (Lipinski definition) is 0. The van der Waals surface area contributed by atoms with E-state index in [1.54, 1.807) is 0 Å². The lowest BCUT2D eigenvalue weighted by atomic mass is 10.1. The van der Waals surface area contributed by atoms with Crippen molar-refractivity contribution in [1.82, 2.24) is 0 Å². The smallest absolute Gasteiger partial charge is 0.122 e. The first-order valence-corrected chi connectivity index (χ1v) is 6.01. The van der Waals surface area contributed by atoms with E-state index in [1.807, 2.05) is 12.1 Å². The Hall–Kier alpha value is -1.02. The lowest BCUT2D eigenvalue weighted by Crippen LogP contribution is -2.18. The molecule has 1 fully saturated rings. The maximum absolute atomic E-state index is 5.82. The van der Waals surface area contributed by atoms with Crippen LogP contribution in [0.4, 0.5) is 0 Å². The van der Waals surface area contributed by atoms with Gasteiger partial charge in [-0.3, -0.25) is 0 Å². The fourth-order valence-electron chi connectivity index (χ4n) is 2.07. The van der Waals surface area contributed by atoms with Gasteiger partial charge in [0.15, 0.2) is 0 Å². The van der Waals surface area contributed by atoms with E-state index in [9.17, 15) is 0 Å². The van der Waals surface area contributed by atoms with Gasteiger partial charge in [0.1, 0.15) is 12.4 Å². The highest BCUT2D eigenvalue weighted by molar-refractivity contribution is 5.38. The molecule has 0 bridgehead atoms. The summed E-state index contributed by atoms with van der Waals surface area (Å²) in [7, 11) is 0. The molecule has 0 aliphatic carbocycles. The second kappa shape index (κ2) is 4.88. The largest absolute Gasteiger partial charge is 0.491 e. The average molecular weight is 220 g/mol. The predicted molar refractivity (Wildman–Crippen MR) is 65.0 cm³/mol. The summed E-state index contributed by atoms with van der Waals surface area (Å²) in [6, 6.07) is 6.17. The molecular weight excluding hydrogens is 200 g/mol. The van der Waals surface area contributed by atoms with Crippen molar-refractivity contribution in [2.45, 2.75) is 45.8 Å². The molecule has 1 aliphatic rings. The molecule has 2 unspecified atom stereocenters. The van der Waals surface area contributed by atoms with Crippen molar-refractivity contribution >= 4 is 0 Å². The van der Waals surface area contributed by atoms with Gasteiger partial charge in [-0.1, -0.05) is 12.1 Å². The van der Waals surface area contributed by atoms with Crippen molar-refractivity contribution in [3.8, 4) is 5.75 Å². The third kappa shape index (κ3) is 2.56. The molecule has 0 N–H and O–H groups in total. The second-order valence-corrected chi connectivity index (χ2v) is 4.66. The van der Waals surface area contributed by atoms with E-state index in [4.69, 9.17) is 9.47 Å². The standard InChI is InChI=1S/C14H20O2/c1-10-5-4-6-14(12(10)3)15-9-13-8-7-11(2)16-13/h4-6,11,13H,7-9H2,1-3H3. The highest BCUT2D eigenvalue weighted by Gasteiger charge is 2.22. The average Bonchev–Trinajstić information content (AvgIpc) is 2.67. The summed E-state index contributed by atoms with van der Waals surface area (Å²) in [6.45, 7) is 7.01. The second-order valence-electron chi connectivity index (χ2n) is 4.66. The Morgan fingerprint density at radius 3 is 2.81 bits per heavy atom. The molecular formula is C14H20O2. The lowest BCUT2D eigenvalue weighted by Gasteiger charge is -2.15. The maximum atomic E-state index is 5.82. The summed E-state index contributed by atoms with van der Waals surface area (Å²) < 4.78 is 11.6. The van der Waals surface area contributed by atoms with Crippen molar-refractivity contribution in [2.75, 3.05) is 6.61 Å². The minimum absolute atomic E-state index is 0.273. The van der Waals surface area contributed by atoms with Crippen LogP contribution in [0.1, 0.15) is 30.9 Å². The van der Waals surface area contributed by atoms with Crippen molar-refractivity contribution in [3.63, 3.8) is 0 Å². The van der Waals surface area contributed by atoms with Crippen LogP contribution in [-0.2, 0) is 4.74 Å².